The first-order chi connectivity index (χ1) is 12.0. The summed E-state index contributed by atoms with van der Waals surface area (Å²) < 4.78 is 0. The minimum absolute atomic E-state index is 0.0691. The smallest absolute Gasteiger partial charge is 0.241 e. The fraction of sp³-hybridized carbons (Fsp3) is 0.550. The Labute approximate surface area is 149 Å². The molecule has 1 fully saturated rings. The molecule has 1 aliphatic carbocycles. The maximum absolute atomic E-state index is 12.9. The quantitative estimate of drug-likeness (QED) is 0.860. The maximum atomic E-state index is 12.9. The lowest BCUT2D eigenvalue weighted by Gasteiger charge is -2.37. The Kier molecular flexibility index (Phi) is 5.21. The van der Waals surface area contributed by atoms with Gasteiger partial charge in [0, 0.05) is 13.0 Å². The van der Waals surface area contributed by atoms with Crippen molar-refractivity contribution >= 4 is 22.8 Å². The van der Waals surface area contributed by atoms with Gasteiger partial charge in [-0.2, -0.15) is 0 Å². The highest BCUT2D eigenvalue weighted by atomic mass is 16.2. The number of nitrogens with zero attached hydrogens (tertiary/aromatic N) is 3. The Bertz CT molecular complexity index is 745. The molecular formula is C20H28N4O. The van der Waals surface area contributed by atoms with Crippen LogP contribution in [0.25, 0.3) is 11.0 Å². The Morgan fingerprint density at radius 1 is 1.24 bits per heavy atom. The van der Waals surface area contributed by atoms with Crippen molar-refractivity contribution in [1.82, 2.24) is 15.4 Å². The highest BCUT2D eigenvalue weighted by Gasteiger charge is 2.35. The number of anilines is 1. The first-order valence-electron chi connectivity index (χ1n) is 9.21. The fourth-order valence-electron chi connectivity index (χ4n) is 3.92. The van der Waals surface area contributed by atoms with Crippen molar-refractivity contribution in [1.29, 1.82) is 0 Å². The first kappa shape index (κ1) is 17.6. The third-order valence-electron chi connectivity index (χ3n) is 5.42. The molecule has 3 rings (SSSR count). The second kappa shape index (κ2) is 7.38. The number of carbonyl (C=O) groups excluding carboxylic acids is 1. The van der Waals surface area contributed by atoms with Crippen molar-refractivity contribution in [3.8, 4) is 0 Å². The summed E-state index contributed by atoms with van der Waals surface area (Å²) in [6.45, 7) is 6.69. The molecule has 0 unspecified atom stereocenters. The summed E-state index contributed by atoms with van der Waals surface area (Å²) in [7, 11) is 1.83. The van der Waals surface area contributed by atoms with Gasteiger partial charge in [0.1, 0.15) is 0 Å². The Balaban J connectivity index is 1.73. The van der Waals surface area contributed by atoms with Gasteiger partial charge in [0.25, 0.3) is 0 Å². The zero-order chi connectivity index (χ0) is 18.0. The average molecular weight is 340 g/mol. The van der Waals surface area contributed by atoms with Crippen molar-refractivity contribution in [2.75, 3.05) is 12.1 Å². The number of nitrogens with one attached hydrogen (secondary N) is 1. The van der Waals surface area contributed by atoms with Gasteiger partial charge >= 0.3 is 0 Å². The van der Waals surface area contributed by atoms with Crippen LogP contribution in [-0.4, -0.2) is 22.9 Å². The predicted octanol–water partition coefficient (Wildman–Crippen LogP) is 3.81. The number of hydrogen-bond donors (Lipinski definition) is 1. The first-order valence-corrected chi connectivity index (χ1v) is 9.21. The number of carbonyl (C=O) groups is 1. The lowest BCUT2D eigenvalue weighted by atomic mass is 9.70. The molecule has 1 aromatic carbocycles. The standard InChI is InChI=1S/C20H28N4O/c1-13(2)15-10-9-14(3)11-16(15)20(25)23-24(4)19-12-21-17-7-5-6-8-18(17)22-19/h5-8,12-16H,9-11H2,1-4H3,(H,23,25)/t14-,15+,16-/m1/s1. The zero-order valence-electron chi connectivity index (χ0n) is 15.6. The predicted molar refractivity (Wildman–Crippen MR) is 101 cm³/mol. The molecule has 3 atom stereocenters. The number of fused-ring (bicyclic) bond motifs is 1. The molecule has 0 spiro atoms. The molecule has 5 nitrogen and oxygen atoms in total. The van der Waals surface area contributed by atoms with E-state index in [1.807, 2.05) is 31.3 Å². The summed E-state index contributed by atoms with van der Waals surface area (Å²) in [5, 5.41) is 1.69. The molecule has 0 aliphatic heterocycles. The van der Waals surface area contributed by atoms with E-state index >= 15 is 0 Å². The summed E-state index contributed by atoms with van der Waals surface area (Å²) >= 11 is 0. The van der Waals surface area contributed by atoms with Crippen LogP contribution in [0.3, 0.4) is 0 Å². The highest BCUT2D eigenvalue weighted by Crippen LogP contribution is 2.38. The summed E-state index contributed by atoms with van der Waals surface area (Å²) in [6.07, 6.45) is 5.02. The fourth-order valence-corrected chi connectivity index (χ4v) is 3.92. The SMILES string of the molecule is CC(C)[C@@H]1CC[C@@H](C)C[C@H]1C(=O)NN(C)c1cnc2ccccc2n1. The Morgan fingerprint density at radius 3 is 2.68 bits per heavy atom. The molecule has 1 amide bonds. The van der Waals surface area contributed by atoms with Crippen LogP contribution in [0, 0.1) is 23.7 Å². The van der Waals surface area contributed by atoms with Gasteiger partial charge in [-0.15, -0.1) is 0 Å². The van der Waals surface area contributed by atoms with Gasteiger partial charge in [-0.1, -0.05) is 39.3 Å². The van der Waals surface area contributed by atoms with E-state index in [4.69, 9.17) is 0 Å². The number of para-hydroxylation sites is 2. The molecule has 25 heavy (non-hydrogen) atoms. The molecule has 1 N–H and O–H groups in total. The van der Waals surface area contributed by atoms with Crippen LogP contribution in [0.5, 0.6) is 0 Å². The van der Waals surface area contributed by atoms with Crippen LogP contribution >= 0.6 is 0 Å². The van der Waals surface area contributed by atoms with Crippen molar-refractivity contribution in [3.05, 3.63) is 30.5 Å². The van der Waals surface area contributed by atoms with Gasteiger partial charge in [-0.05, 0) is 42.7 Å². The molecule has 0 radical (unpaired) electrons. The van der Waals surface area contributed by atoms with Crippen molar-refractivity contribution in [2.45, 2.75) is 40.0 Å². The van der Waals surface area contributed by atoms with Crippen LogP contribution in [-0.2, 0) is 4.79 Å². The van der Waals surface area contributed by atoms with Crippen LogP contribution in [0.4, 0.5) is 5.82 Å². The van der Waals surface area contributed by atoms with E-state index in [2.05, 4.69) is 36.2 Å². The van der Waals surface area contributed by atoms with E-state index < -0.39 is 0 Å². The number of hydrogen-bond acceptors (Lipinski definition) is 4. The average Bonchev–Trinajstić information content (AvgIpc) is 2.60. The van der Waals surface area contributed by atoms with Crippen LogP contribution in [0.15, 0.2) is 30.5 Å². The molecule has 1 aliphatic rings. The second-order valence-electron chi connectivity index (χ2n) is 7.68. The number of hydrazine groups is 1. The van der Waals surface area contributed by atoms with Gasteiger partial charge in [0.05, 0.1) is 17.2 Å². The monoisotopic (exact) mass is 340 g/mol. The summed E-state index contributed by atoms with van der Waals surface area (Å²) in [6, 6.07) is 7.74. The molecule has 1 saturated carbocycles. The largest absolute Gasteiger partial charge is 0.273 e. The number of aromatic nitrogens is 2. The number of amides is 1. The van der Waals surface area contributed by atoms with Gasteiger partial charge in [0.2, 0.25) is 5.91 Å². The van der Waals surface area contributed by atoms with Gasteiger partial charge < -0.3 is 0 Å². The van der Waals surface area contributed by atoms with Gasteiger partial charge in [-0.25, -0.2) is 4.98 Å². The zero-order valence-corrected chi connectivity index (χ0v) is 15.6. The molecule has 0 bridgehead atoms. The third kappa shape index (κ3) is 3.91. The lowest BCUT2D eigenvalue weighted by Crippen LogP contribution is -2.47. The number of rotatable bonds is 4. The lowest BCUT2D eigenvalue weighted by molar-refractivity contribution is -0.129. The van der Waals surface area contributed by atoms with Crippen LogP contribution < -0.4 is 10.4 Å². The van der Waals surface area contributed by atoms with Gasteiger partial charge in [0.15, 0.2) is 5.82 Å². The third-order valence-corrected chi connectivity index (χ3v) is 5.42. The summed E-state index contributed by atoms with van der Waals surface area (Å²) in [5.74, 6) is 2.40. The van der Waals surface area contributed by atoms with E-state index in [9.17, 15) is 4.79 Å². The second-order valence-corrected chi connectivity index (χ2v) is 7.68. The maximum Gasteiger partial charge on any atom is 0.241 e. The molecule has 1 aromatic heterocycles. The molecule has 0 saturated heterocycles. The van der Waals surface area contributed by atoms with Crippen molar-refractivity contribution in [2.24, 2.45) is 23.7 Å². The Morgan fingerprint density at radius 2 is 1.96 bits per heavy atom. The van der Waals surface area contributed by atoms with E-state index in [1.165, 1.54) is 6.42 Å². The molecule has 134 valence electrons. The van der Waals surface area contributed by atoms with Crippen molar-refractivity contribution in [3.63, 3.8) is 0 Å². The van der Waals surface area contributed by atoms with Gasteiger partial charge in [-0.3, -0.25) is 20.2 Å². The van der Waals surface area contributed by atoms with E-state index in [1.54, 1.807) is 11.2 Å². The minimum Gasteiger partial charge on any atom is -0.273 e. The number of benzene rings is 1. The molecule has 2 aromatic rings. The summed E-state index contributed by atoms with van der Waals surface area (Å²) in [4.78, 5) is 21.9. The van der Waals surface area contributed by atoms with E-state index in [0.717, 1.165) is 23.9 Å². The highest BCUT2D eigenvalue weighted by molar-refractivity contribution is 5.81. The molecular weight excluding hydrogens is 312 g/mol. The minimum atomic E-state index is 0.0691. The van der Waals surface area contributed by atoms with E-state index in [0.29, 0.717) is 23.6 Å². The molecule has 5 heteroatoms. The normalized spacial score (nSPS) is 23.6. The van der Waals surface area contributed by atoms with Crippen molar-refractivity contribution < 1.29 is 4.79 Å². The van der Waals surface area contributed by atoms with E-state index in [-0.39, 0.29) is 11.8 Å². The Hall–Kier alpha value is -2.17. The van der Waals surface area contributed by atoms with Crippen LogP contribution in [0.2, 0.25) is 0 Å². The van der Waals surface area contributed by atoms with Crippen LogP contribution in [0.1, 0.15) is 40.0 Å². The molecule has 1 heterocycles. The summed E-state index contributed by atoms with van der Waals surface area (Å²) in [5.41, 5.74) is 4.71. The topological polar surface area (TPSA) is 58.1 Å².